The Kier molecular flexibility index (Phi) is 3.67. The third-order valence-electron chi connectivity index (χ3n) is 1.44. The zero-order valence-corrected chi connectivity index (χ0v) is 7.17. The molecule has 6 heteroatoms. The van der Waals surface area contributed by atoms with Gasteiger partial charge in [-0.3, -0.25) is 0 Å². The van der Waals surface area contributed by atoms with Crippen molar-refractivity contribution in [2.75, 3.05) is 25.5 Å². The van der Waals surface area contributed by atoms with Crippen LogP contribution in [0.25, 0.3) is 0 Å². The van der Waals surface area contributed by atoms with E-state index in [-0.39, 0.29) is 23.6 Å². The second-order valence-corrected chi connectivity index (χ2v) is 3.64. The zero-order valence-electron chi connectivity index (χ0n) is 6.36. The van der Waals surface area contributed by atoms with Gasteiger partial charge in [-0.05, 0) is 11.8 Å². The molecule has 12 heavy (non-hydrogen) atoms. The number of rotatable bonds is 4. The number of thioether (sulfide) groups is 1. The van der Waals surface area contributed by atoms with Gasteiger partial charge in [0.25, 0.3) is 0 Å². The summed E-state index contributed by atoms with van der Waals surface area (Å²) >= 11 is 0.00682. The van der Waals surface area contributed by atoms with Crippen LogP contribution in [0.15, 0.2) is 0 Å². The van der Waals surface area contributed by atoms with Crippen molar-refractivity contribution in [3.8, 4) is 0 Å². The average molecular weight is 201 g/mol. The van der Waals surface area contributed by atoms with E-state index < -0.39 is 5.51 Å². The molecule has 0 spiro atoms. The molecule has 1 heterocycles. The van der Waals surface area contributed by atoms with Crippen molar-refractivity contribution in [3.05, 3.63) is 0 Å². The molecule has 72 valence electrons. The third kappa shape index (κ3) is 4.18. The Morgan fingerprint density at radius 3 is 2.50 bits per heavy atom. The van der Waals surface area contributed by atoms with Crippen molar-refractivity contribution >= 4 is 11.8 Å². The van der Waals surface area contributed by atoms with E-state index in [0.717, 1.165) is 0 Å². The molecule has 1 aliphatic rings. The molecule has 0 aliphatic carbocycles. The molecule has 1 rings (SSSR count). The number of halogens is 3. The Labute approximate surface area is 72.8 Å². The van der Waals surface area contributed by atoms with Crippen molar-refractivity contribution < 1.29 is 17.9 Å². The maximum absolute atomic E-state index is 11.6. The van der Waals surface area contributed by atoms with Crippen LogP contribution >= 0.6 is 11.8 Å². The second kappa shape index (κ2) is 4.34. The van der Waals surface area contributed by atoms with Crippen molar-refractivity contribution in [3.63, 3.8) is 0 Å². The summed E-state index contributed by atoms with van der Waals surface area (Å²) in [5, 5.41) is 2.95. The van der Waals surface area contributed by atoms with Crippen LogP contribution in [0.1, 0.15) is 0 Å². The van der Waals surface area contributed by atoms with Gasteiger partial charge in [0.2, 0.25) is 0 Å². The molecule has 0 aromatic carbocycles. The molecule has 0 radical (unpaired) electrons. The summed E-state index contributed by atoms with van der Waals surface area (Å²) < 4.78 is 39.6. The lowest BCUT2D eigenvalue weighted by molar-refractivity contribution is -0.0329. The highest BCUT2D eigenvalue weighted by Gasteiger charge is 2.27. The van der Waals surface area contributed by atoms with Gasteiger partial charge in [-0.2, -0.15) is 13.2 Å². The highest BCUT2D eigenvalue weighted by Crippen LogP contribution is 2.29. The molecule has 0 bridgehead atoms. The summed E-state index contributed by atoms with van der Waals surface area (Å²) in [6.07, 6.45) is 0. The van der Waals surface area contributed by atoms with E-state index in [1.54, 1.807) is 0 Å². The molecular weight excluding hydrogens is 191 g/mol. The molecular formula is C6H10F3NOS. The van der Waals surface area contributed by atoms with E-state index in [9.17, 15) is 13.2 Å². The zero-order chi connectivity index (χ0) is 9.03. The van der Waals surface area contributed by atoms with E-state index in [0.29, 0.717) is 19.8 Å². The van der Waals surface area contributed by atoms with Gasteiger partial charge in [0.1, 0.15) is 0 Å². The van der Waals surface area contributed by atoms with Gasteiger partial charge in [0.05, 0.1) is 19.3 Å². The van der Waals surface area contributed by atoms with Crippen LogP contribution in [0.5, 0.6) is 0 Å². The van der Waals surface area contributed by atoms with Crippen LogP contribution in [0.2, 0.25) is 0 Å². The van der Waals surface area contributed by atoms with E-state index in [4.69, 9.17) is 4.74 Å². The summed E-state index contributed by atoms with van der Waals surface area (Å²) in [5.41, 5.74) is -4.10. The Bertz CT molecular complexity index is 137. The van der Waals surface area contributed by atoms with E-state index in [1.165, 1.54) is 0 Å². The average Bonchev–Trinajstić information content (AvgIpc) is 1.80. The maximum atomic E-state index is 11.6. The Hall–Kier alpha value is 0.0600. The molecule has 0 aromatic rings. The number of alkyl halides is 3. The van der Waals surface area contributed by atoms with Crippen LogP contribution in [0.3, 0.4) is 0 Å². The first-order valence-corrected chi connectivity index (χ1v) is 4.58. The summed E-state index contributed by atoms with van der Waals surface area (Å²) in [7, 11) is 0. The van der Waals surface area contributed by atoms with Crippen molar-refractivity contribution in [2.45, 2.75) is 11.6 Å². The number of nitrogens with one attached hydrogen (secondary N) is 1. The van der Waals surface area contributed by atoms with Crippen LogP contribution in [0, 0.1) is 0 Å². The minimum absolute atomic E-state index is 0.00682. The lowest BCUT2D eigenvalue weighted by Crippen LogP contribution is -2.46. The fourth-order valence-electron chi connectivity index (χ4n) is 0.783. The minimum Gasteiger partial charge on any atom is -0.378 e. The molecule has 1 saturated heterocycles. The smallest absolute Gasteiger partial charge is 0.378 e. The monoisotopic (exact) mass is 201 g/mol. The molecule has 2 nitrogen and oxygen atoms in total. The Morgan fingerprint density at radius 1 is 1.42 bits per heavy atom. The predicted octanol–water partition coefficient (Wildman–Crippen LogP) is 1.23. The molecule has 0 unspecified atom stereocenters. The van der Waals surface area contributed by atoms with Gasteiger partial charge in [0.15, 0.2) is 0 Å². The molecule has 0 saturated carbocycles. The molecule has 0 amide bonds. The molecule has 0 aromatic heterocycles. The third-order valence-corrected chi connectivity index (χ3v) is 2.17. The molecule has 0 atom stereocenters. The SMILES string of the molecule is FC(F)(F)SCCNC1COC1. The van der Waals surface area contributed by atoms with E-state index >= 15 is 0 Å². The van der Waals surface area contributed by atoms with E-state index in [2.05, 4.69) is 5.32 Å². The van der Waals surface area contributed by atoms with Crippen molar-refractivity contribution in [1.82, 2.24) is 5.32 Å². The van der Waals surface area contributed by atoms with Crippen molar-refractivity contribution in [1.29, 1.82) is 0 Å². The number of hydrogen-bond donors (Lipinski definition) is 1. The summed E-state index contributed by atoms with van der Waals surface area (Å²) in [6.45, 7) is 1.63. The van der Waals surface area contributed by atoms with Crippen LogP contribution in [-0.4, -0.2) is 37.1 Å². The van der Waals surface area contributed by atoms with Gasteiger partial charge in [-0.15, -0.1) is 0 Å². The van der Waals surface area contributed by atoms with Crippen LogP contribution < -0.4 is 5.32 Å². The molecule has 1 aliphatic heterocycles. The second-order valence-electron chi connectivity index (χ2n) is 2.48. The van der Waals surface area contributed by atoms with Gasteiger partial charge in [0, 0.05) is 12.3 Å². The first-order chi connectivity index (χ1) is 5.58. The topological polar surface area (TPSA) is 21.3 Å². The largest absolute Gasteiger partial charge is 0.441 e. The Balaban J connectivity index is 1.88. The normalized spacial score (nSPS) is 19.2. The van der Waals surface area contributed by atoms with E-state index in [1.807, 2.05) is 0 Å². The fraction of sp³-hybridized carbons (Fsp3) is 1.00. The number of ether oxygens (including phenoxy) is 1. The predicted molar refractivity (Wildman–Crippen MR) is 41.1 cm³/mol. The first kappa shape index (κ1) is 10.1. The molecule has 1 fully saturated rings. The lowest BCUT2D eigenvalue weighted by Gasteiger charge is -2.26. The highest BCUT2D eigenvalue weighted by molar-refractivity contribution is 8.00. The van der Waals surface area contributed by atoms with Gasteiger partial charge < -0.3 is 10.1 Å². The standard InChI is InChI=1S/C6H10F3NOS/c7-6(8,9)12-2-1-10-5-3-11-4-5/h5,10H,1-4H2. The fourth-order valence-corrected chi connectivity index (χ4v) is 1.23. The quantitative estimate of drug-likeness (QED) is 0.691. The number of hydrogen-bond acceptors (Lipinski definition) is 3. The molecule has 1 N–H and O–H groups in total. The van der Waals surface area contributed by atoms with Crippen LogP contribution in [0.4, 0.5) is 13.2 Å². The van der Waals surface area contributed by atoms with Crippen molar-refractivity contribution in [2.24, 2.45) is 0 Å². The van der Waals surface area contributed by atoms with Crippen LogP contribution in [-0.2, 0) is 4.74 Å². The highest BCUT2D eigenvalue weighted by atomic mass is 32.2. The Morgan fingerprint density at radius 2 is 2.08 bits per heavy atom. The maximum Gasteiger partial charge on any atom is 0.441 e. The van der Waals surface area contributed by atoms with Gasteiger partial charge in [-0.25, -0.2) is 0 Å². The first-order valence-electron chi connectivity index (χ1n) is 3.60. The summed E-state index contributed by atoms with van der Waals surface area (Å²) in [6, 6.07) is 0.263. The summed E-state index contributed by atoms with van der Waals surface area (Å²) in [5.74, 6) is 0.0694. The van der Waals surface area contributed by atoms with Gasteiger partial charge >= 0.3 is 5.51 Å². The van der Waals surface area contributed by atoms with Gasteiger partial charge in [-0.1, -0.05) is 0 Å². The minimum atomic E-state index is -4.10. The lowest BCUT2D eigenvalue weighted by atomic mass is 10.3. The summed E-state index contributed by atoms with van der Waals surface area (Å²) in [4.78, 5) is 0.